The van der Waals surface area contributed by atoms with Gasteiger partial charge in [0.05, 0.1) is 17.1 Å². The molecular formula is C61H35N5O. The molecule has 0 saturated heterocycles. The van der Waals surface area contributed by atoms with E-state index in [-0.39, 0.29) is 0 Å². The number of hydrogen-bond donors (Lipinski definition) is 0. The van der Waals surface area contributed by atoms with E-state index >= 15 is 0 Å². The fraction of sp³-hybridized carbons (Fsp3) is 0. The minimum atomic E-state index is 0.570. The van der Waals surface area contributed by atoms with Gasteiger partial charge in [-0.3, -0.25) is 4.98 Å². The first-order valence-corrected chi connectivity index (χ1v) is 22.2. The Morgan fingerprint density at radius 1 is 0.328 bits per heavy atom. The summed E-state index contributed by atoms with van der Waals surface area (Å²) in [6.07, 6.45) is 1.88. The highest BCUT2D eigenvalue weighted by Gasteiger charge is 2.19. The van der Waals surface area contributed by atoms with Gasteiger partial charge in [-0.1, -0.05) is 152 Å². The lowest BCUT2D eigenvalue weighted by molar-refractivity contribution is 0.669. The number of nitriles is 1. The second-order valence-corrected chi connectivity index (χ2v) is 16.8. The van der Waals surface area contributed by atoms with Gasteiger partial charge in [0.1, 0.15) is 11.2 Å². The first-order valence-electron chi connectivity index (χ1n) is 22.2. The first kappa shape index (κ1) is 38.2. The standard InChI is InChI=1S/C61H35N5O/c62-36-37-23-25-38(26-24-37)52-34-54-51-21-11-31-63-58(51)55(35-53(54)47-19-7-6-18-46(47)52)48-30-29-43(44-16-4-5-17-45(44)48)40-14-10-15-41(32-40)60-64-59(39-12-2-1-3-13-39)65-61(66-60)42-27-28-50-49-20-8-9-22-56(49)67-57(50)33-42/h1-35H. The Morgan fingerprint density at radius 3 is 1.66 bits per heavy atom. The zero-order chi connectivity index (χ0) is 44.4. The Balaban J connectivity index is 0.952. The van der Waals surface area contributed by atoms with Gasteiger partial charge < -0.3 is 4.42 Å². The van der Waals surface area contributed by atoms with Crippen LogP contribution in [0.3, 0.4) is 0 Å². The molecule has 0 radical (unpaired) electrons. The molecule has 13 rings (SSSR count). The van der Waals surface area contributed by atoms with Crippen molar-refractivity contribution in [2.45, 2.75) is 0 Å². The van der Waals surface area contributed by atoms with Gasteiger partial charge in [0.2, 0.25) is 0 Å². The highest BCUT2D eigenvalue weighted by atomic mass is 16.3. The molecule has 0 spiro atoms. The summed E-state index contributed by atoms with van der Waals surface area (Å²) in [4.78, 5) is 20.3. The molecule has 0 N–H and O–H groups in total. The summed E-state index contributed by atoms with van der Waals surface area (Å²) in [6, 6.07) is 73.5. The normalized spacial score (nSPS) is 11.6. The monoisotopic (exact) mass is 853 g/mol. The Kier molecular flexibility index (Phi) is 8.80. The van der Waals surface area contributed by atoms with E-state index in [0.717, 1.165) is 115 Å². The average Bonchev–Trinajstić information content (AvgIpc) is 3.78. The van der Waals surface area contributed by atoms with Crippen molar-refractivity contribution in [3.63, 3.8) is 0 Å². The van der Waals surface area contributed by atoms with E-state index in [1.807, 2.05) is 91.1 Å². The van der Waals surface area contributed by atoms with Crippen LogP contribution in [0.15, 0.2) is 217 Å². The van der Waals surface area contributed by atoms with Gasteiger partial charge in [-0.25, -0.2) is 15.0 Å². The van der Waals surface area contributed by atoms with Crippen molar-refractivity contribution in [3.8, 4) is 73.6 Å². The van der Waals surface area contributed by atoms with E-state index in [1.54, 1.807) is 0 Å². The number of pyridine rings is 1. The van der Waals surface area contributed by atoms with Crippen LogP contribution in [0.2, 0.25) is 0 Å². The molecule has 0 fully saturated rings. The average molecular weight is 854 g/mol. The Hall–Kier alpha value is -9.31. The maximum absolute atomic E-state index is 9.50. The summed E-state index contributed by atoms with van der Waals surface area (Å²) in [5, 5.41) is 19.6. The summed E-state index contributed by atoms with van der Waals surface area (Å²) >= 11 is 0. The Labute approximate surface area is 384 Å². The lowest BCUT2D eigenvalue weighted by atomic mass is 9.87. The highest BCUT2D eigenvalue weighted by Crippen LogP contribution is 2.44. The maximum Gasteiger partial charge on any atom is 0.164 e. The van der Waals surface area contributed by atoms with Crippen LogP contribution in [0.5, 0.6) is 0 Å². The van der Waals surface area contributed by atoms with Crippen LogP contribution >= 0.6 is 0 Å². The molecule has 0 bridgehead atoms. The van der Waals surface area contributed by atoms with Crippen molar-refractivity contribution < 1.29 is 4.42 Å². The molecule has 310 valence electrons. The molecule has 0 amide bonds. The summed E-state index contributed by atoms with van der Waals surface area (Å²) in [6.45, 7) is 0. The number of para-hydroxylation sites is 1. The smallest absolute Gasteiger partial charge is 0.164 e. The molecule has 6 nitrogen and oxygen atoms in total. The van der Waals surface area contributed by atoms with E-state index < -0.39 is 0 Å². The topological polar surface area (TPSA) is 88.5 Å². The largest absolute Gasteiger partial charge is 0.456 e. The van der Waals surface area contributed by atoms with Crippen molar-refractivity contribution in [3.05, 3.63) is 218 Å². The van der Waals surface area contributed by atoms with Crippen molar-refractivity contribution in [2.75, 3.05) is 0 Å². The van der Waals surface area contributed by atoms with E-state index in [9.17, 15) is 5.26 Å². The van der Waals surface area contributed by atoms with Crippen LogP contribution in [-0.2, 0) is 0 Å². The SMILES string of the molecule is N#Cc1ccc(-c2cc3c4cccnc4c(-c4ccc(-c5cccc(-c6nc(-c7ccccc7)nc(-c7ccc8c(c7)oc7ccccc78)n6)c5)c5ccccc45)cc3c3ccccc23)cc1. The fourth-order valence-electron chi connectivity index (χ4n) is 9.82. The van der Waals surface area contributed by atoms with E-state index in [2.05, 4.69) is 127 Å². The third kappa shape index (κ3) is 6.41. The summed E-state index contributed by atoms with van der Waals surface area (Å²) in [5.41, 5.74) is 12.4. The number of aromatic nitrogens is 4. The van der Waals surface area contributed by atoms with Gasteiger partial charge in [-0.2, -0.15) is 5.26 Å². The zero-order valence-electron chi connectivity index (χ0n) is 35.9. The third-order valence-electron chi connectivity index (χ3n) is 13.0. The number of rotatable bonds is 6. The van der Waals surface area contributed by atoms with Gasteiger partial charge >= 0.3 is 0 Å². The van der Waals surface area contributed by atoms with Crippen LogP contribution in [0, 0.1) is 11.3 Å². The Bertz CT molecular complexity index is 4170. The summed E-state index contributed by atoms with van der Waals surface area (Å²) in [5.74, 6) is 1.75. The summed E-state index contributed by atoms with van der Waals surface area (Å²) in [7, 11) is 0. The minimum Gasteiger partial charge on any atom is -0.456 e. The molecule has 0 aliphatic heterocycles. The van der Waals surface area contributed by atoms with E-state index in [0.29, 0.717) is 23.0 Å². The van der Waals surface area contributed by atoms with Gasteiger partial charge in [0.25, 0.3) is 0 Å². The van der Waals surface area contributed by atoms with Crippen LogP contribution in [0.25, 0.3) is 133 Å². The molecule has 0 aliphatic carbocycles. The van der Waals surface area contributed by atoms with E-state index in [1.165, 1.54) is 0 Å². The number of fused-ring (bicyclic) bond motifs is 9. The molecule has 10 aromatic carbocycles. The maximum atomic E-state index is 9.50. The van der Waals surface area contributed by atoms with Crippen LogP contribution in [0.4, 0.5) is 0 Å². The van der Waals surface area contributed by atoms with Gasteiger partial charge in [0, 0.05) is 44.6 Å². The second kappa shape index (κ2) is 15.4. The predicted molar refractivity (Wildman–Crippen MR) is 272 cm³/mol. The lowest BCUT2D eigenvalue weighted by Gasteiger charge is -2.17. The predicted octanol–water partition coefficient (Wildman–Crippen LogP) is 15.7. The second-order valence-electron chi connectivity index (χ2n) is 16.8. The van der Waals surface area contributed by atoms with E-state index in [4.69, 9.17) is 24.4 Å². The third-order valence-corrected chi connectivity index (χ3v) is 13.0. The van der Waals surface area contributed by atoms with Gasteiger partial charge in [-0.15, -0.1) is 0 Å². The molecule has 0 unspecified atom stereocenters. The quantitative estimate of drug-likeness (QED) is 0.155. The fourth-order valence-corrected chi connectivity index (χ4v) is 9.82. The molecule has 67 heavy (non-hydrogen) atoms. The van der Waals surface area contributed by atoms with Crippen molar-refractivity contribution in [1.29, 1.82) is 5.26 Å². The molecule has 6 heteroatoms. The zero-order valence-corrected chi connectivity index (χ0v) is 35.9. The number of hydrogen-bond acceptors (Lipinski definition) is 6. The van der Waals surface area contributed by atoms with Crippen molar-refractivity contribution >= 4 is 65.2 Å². The lowest BCUT2D eigenvalue weighted by Crippen LogP contribution is -2.00. The number of benzene rings is 10. The minimum absolute atomic E-state index is 0.570. The van der Waals surface area contributed by atoms with Crippen LogP contribution in [-0.4, -0.2) is 19.9 Å². The van der Waals surface area contributed by atoms with Crippen molar-refractivity contribution in [1.82, 2.24) is 19.9 Å². The van der Waals surface area contributed by atoms with Crippen molar-refractivity contribution in [2.24, 2.45) is 0 Å². The molecule has 0 atom stereocenters. The van der Waals surface area contributed by atoms with Gasteiger partial charge in [-0.05, 0) is 115 Å². The van der Waals surface area contributed by atoms with Gasteiger partial charge in [0.15, 0.2) is 17.5 Å². The van der Waals surface area contributed by atoms with Crippen LogP contribution in [0.1, 0.15) is 5.56 Å². The molecule has 0 saturated carbocycles. The number of nitrogens with zero attached hydrogens (tertiary/aromatic N) is 5. The Morgan fingerprint density at radius 2 is 0.881 bits per heavy atom. The summed E-state index contributed by atoms with van der Waals surface area (Å²) < 4.78 is 6.28. The highest BCUT2D eigenvalue weighted by molar-refractivity contribution is 6.24. The first-order chi connectivity index (χ1) is 33.1. The number of furan rings is 1. The molecule has 13 aromatic rings. The molecular weight excluding hydrogens is 819 g/mol. The molecule has 0 aliphatic rings. The van der Waals surface area contributed by atoms with Crippen LogP contribution < -0.4 is 0 Å². The molecule has 3 heterocycles. The molecule has 3 aromatic heterocycles.